The maximum Gasteiger partial charge on any atom is 0.408 e. The fourth-order valence-corrected chi connectivity index (χ4v) is 3.67. The maximum absolute atomic E-state index is 14.1. The summed E-state index contributed by atoms with van der Waals surface area (Å²) in [5, 5.41) is 2.65. The van der Waals surface area contributed by atoms with Gasteiger partial charge in [-0.2, -0.15) is 0 Å². The Balaban J connectivity index is 2.14. The molecule has 2 rings (SSSR count). The third-order valence-electron chi connectivity index (χ3n) is 5.23. The van der Waals surface area contributed by atoms with Crippen molar-refractivity contribution >= 4 is 17.9 Å². The summed E-state index contributed by atoms with van der Waals surface area (Å²) in [6.45, 7) is 13.0. The molecule has 0 saturated carbocycles. The standard InChI is InChI=1S/C23H33F2N3O4/c1-14(2)18(26-21(31)32-22(3,4)5)20(30)27-10-11-28(23(6,7)13-27)19(29)16-9-8-15(24)12-17(16)25/h8-9,12,14,18H,10-11,13H2,1-7H3,(H,26,31)/t18-/m0/s1. The molecule has 0 aliphatic carbocycles. The third-order valence-corrected chi connectivity index (χ3v) is 5.23. The molecule has 1 fully saturated rings. The SMILES string of the molecule is CC(C)[C@H](NC(=O)OC(C)(C)C)C(=O)N1CCN(C(=O)c2ccc(F)cc2F)C(C)(C)C1. The summed E-state index contributed by atoms with van der Waals surface area (Å²) in [5.41, 5.74) is -1.72. The van der Waals surface area contributed by atoms with Gasteiger partial charge < -0.3 is 19.9 Å². The molecule has 1 aliphatic heterocycles. The predicted molar refractivity (Wildman–Crippen MR) is 116 cm³/mol. The molecule has 1 aromatic rings. The van der Waals surface area contributed by atoms with E-state index in [1.54, 1.807) is 39.5 Å². The first-order valence-electron chi connectivity index (χ1n) is 10.7. The number of nitrogens with one attached hydrogen (secondary N) is 1. The van der Waals surface area contributed by atoms with E-state index in [0.29, 0.717) is 6.07 Å². The van der Waals surface area contributed by atoms with Gasteiger partial charge >= 0.3 is 6.09 Å². The molecule has 0 unspecified atom stereocenters. The van der Waals surface area contributed by atoms with E-state index in [0.717, 1.165) is 12.1 Å². The van der Waals surface area contributed by atoms with Crippen molar-refractivity contribution in [1.29, 1.82) is 0 Å². The molecular formula is C23H33F2N3O4. The summed E-state index contributed by atoms with van der Waals surface area (Å²) in [5.74, 6) is -2.71. The van der Waals surface area contributed by atoms with Crippen LogP contribution < -0.4 is 5.32 Å². The second-order valence-electron chi connectivity index (χ2n) is 10.0. The molecule has 0 bridgehead atoms. The predicted octanol–water partition coefficient (Wildman–Crippen LogP) is 3.58. The van der Waals surface area contributed by atoms with Crippen LogP contribution in [0.4, 0.5) is 13.6 Å². The van der Waals surface area contributed by atoms with Gasteiger partial charge in [0.05, 0.1) is 11.1 Å². The molecule has 0 spiro atoms. The van der Waals surface area contributed by atoms with Crippen LogP contribution in [0.3, 0.4) is 0 Å². The van der Waals surface area contributed by atoms with Gasteiger partial charge in [-0.25, -0.2) is 13.6 Å². The Kier molecular flexibility index (Phi) is 7.52. The minimum atomic E-state index is -0.925. The summed E-state index contributed by atoms with van der Waals surface area (Å²) < 4.78 is 32.6. The minimum absolute atomic E-state index is 0.172. The number of carbonyl (C=O) groups excluding carboxylic acids is 3. The van der Waals surface area contributed by atoms with Crippen molar-refractivity contribution in [3.8, 4) is 0 Å². The van der Waals surface area contributed by atoms with E-state index < -0.39 is 40.8 Å². The second kappa shape index (κ2) is 9.42. The maximum atomic E-state index is 14.1. The van der Waals surface area contributed by atoms with E-state index in [9.17, 15) is 23.2 Å². The number of nitrogens with zero attached hydrogens (tertiary/aromatic N) is 2. The quantitative estimate of drug-likeness (QED) is 0.756. The lowest BCUT2D eigenvalue weighted by Gasteiger charge is -2.48. The molecule has 7 nitrogen and oxygen atoms in total. The first-order valence-corrected chi connectivity index (χ1v) is 10.7. The van der Waals surface area contributed by atoms with Gasteiger partial charge in [0.2, 0.25) is 5.91 Å². The molecule has 0 aromatic heterocycles. The number of piperazine rings is 1. The third kappa shape index (κ3) is 6.17. The molecule has 1 atom stereocenters. The van der Waals surface area contributed by atoms with Crippen molar-refractivity contribution in [2.75, 3.05) is 19.6 Å². The lowest BCUT2D eigenvalue weighted by atomic mass is 9.95. The number of alkyl carbamates (subject to hydrolysis) is 1. The second-order valence-corrected chi connectivity index (χ2v) is 10.0. The highest BCUT2D eigenvalue weighted by Crippen LogP contribution is 2.25. The summed E-state index contributed by atoms with van der Waals surface area (Å²) in [6.07, 6.45) is -0.676. The Morgan fingerprint density at radius 3 is 2.25 bits per heavy atom. The summed E-state index contributed by atoms with van der Waals surface area (Å²) in [7, 11) is 0. The van der Waals surface area contributed by atoms with E-state index >= 15 is 0 Å². The average molecular weight is 454 g/mol. The number of hydrogen-bond acceptors (Lipinski definition) is 4. The molecule has 32 heavy (non-hydrogen) atoms. The monoisotopic (exact) mass is 453 g/mol. The molecule has 0 radical (unpaired) electrons. The van der Waals surface area contributed by atoms with Gasteiger partial charge in [0.15, 0.2) is 0 Å². The number of carbonyl (C=O) groups is 3. The molecular weight excluding hydrogens is 420 g/mol. The molecule has 9 heteroatoms. The molecule has 1 saturated heterocycles. The van der Waals surface area contributed by atoms with Crippen LogP contribution >= 0.6 is 0 Å². The Hall–Kier alpha value is -2.71. The van der Waals surface area contributed by atoms with Crippen molar-refractivity contribution in [3.63, 3.8) is 0 Å². The van der Waals surface area contributed by atoms with E-state index in [-0.39, 0.29) is 37.0 Å². The summed E-state index contributed by atoms with van der Waals surface area (Å²) in [4.78, 5) is 41.4. The zero-order valence-electron chi connectivity index (χ0n) is 19.8. The molecule has 1 N–H and O–H groups in total. The van der Waals surface area contributed by atoms with Crippen molar-refractivity contribution < 1.29 is 27.9 Å². The van der Waals surface area contributed by atoms with Crippen LogP contribution in [-0.4, -0.2) is 64.5 Å². The van der Waals surface area contributed by atoms with Crippen LogP contribution in [0.2, 0.25) is 0 Å². The summed E-state index contributed by atoms with van der Waals surface area (Å²) in [6, 6.07) is 2.05. The van der Waals surface area contributed by atoms with E-state index in [2.05, 4.69) is 5.32 Å². The van der Waals surface area contributed by atoms with E-state index in [1.165, 1.54) is 4.90 Å². The highest BCUT2D eigenvalue weighted by atomic mass is 19.1. The molecule has 1 aliphatic rings. The Morgan fingerprint density at radius 1 is 1.12 bits per heavy atom. The lowest BCUT2D eigenvalue weighted by Crippen LogP contribution is -2.64. The fourth-order valence-electron chi connectivity index (χ4n) is 3.67. The Labute approximate surface area is 188 Å². The molecule has 1 aromatic carbocycles. The van der Waals surface area contributed by atoms with Gasteiger partial charge in [0.1, 0.15) is 23.3 Å². The van der Waals surface area contributed by atoms with Crippen molar-refractivity contribution in [2.24, 2.45) is 5.92 Å². The van der Waals surface area contributed by atoms with Crippen molar-refractivity contribution in [3.05, 3.63) is 35.4 Å². The number of rotatable bonds is 4. The first kappa shape index (κ1) is 25.5. The van der Waals surface area contributed by atoms with E-state index in [1.807, 2.05) is 13.8 Å². The summed E-state index contributed by atoms with van der Waals surface area (Å²) >= 11 is 0. The average Bonchev–Trinajstić information content (AvgIpc) is 2.62. The van der Waals surface area contributed by atoms with Gasteiger partial charge in [-0.05, 0) is 52.7 Å². The van der Waals surface area contributed by atoms with Gasteiger partial charge in [-0.15, -0.1) is 0 Å². The Bertz CT molecular complexity index is 880. The van der Waals surface area contributed by atoms with Crippen molar-refractivity contribution in [2.45, 2.75) is 65.6 Å². The zero-order chi connectivity index (χ0) is 24.4. The highest BCUT2D eigenvalue weighted by molar-refractivity contribution is 5.95. The van der Waals surface area contributed by atoms with Gasteiger partial charge in [0, 0.05) is 25.7 Å². The van der Waals surface area contributed by atoms with Crippen molar-refractivity contribution in [1.82, 2.24) is 15.1 Å². The highest BCUT2D eigenvalue weighted by Gasteiger charge is 2.41. The van der Waals surface area contributed by atoms with Crippen LogP contribution in [0, 0.1) is 17.6 Å². The molecule has 1 heterocycles. The molecule has 178 valence electrons. The van der Waals surface area contributed by atoms with Crippen LogP contribution in [-0.2, 0) is 9.53 Å². The number of benzene rings is 1. The van der Waals surface area contributed by atoms with Gasteiger partial charge in [0.25, 0.3) is 5.91 Å². The lowest BCUT2D eigenvalue weighted by molar-refractivity contribution is -0.138. The number of ether oxygens (including phenoxy) is 1. The number of hydrogen-bond donors (Lipinski definition) is 1. The first-order chi connectivity index (χ1) is 14.6. The minimum Gasteiger partial charge on any atom is -0.444 e. The number of halogens is 2. The topological polar surface area (TPSA) is 79.0 Å². The fraction of sp³-hybridized carbons (Fsp3) is 0.609. The smallest absolute Gasteiger partial charge is 0.408 e. The number of amides is 3. The van der Waals surface area contributed by atoms with Gasteiger partial charge in [-0.3, -0.25) is 9.59 Å². The van der Waals surface area contributed by atoms with Crippen LogP contribution in [0.25, 0.3) is 0 Å². The normalized spacial score (nSPS) is 17.2. The largest absolute Gasteiger partial charge is 0.444 e. The van der Waals surface area contributed by atoms with Gasteiger partial charge in [-0.1, -0.05) is 13.8 Å². The Morgan fingerprint density at radius 2 is 1.75 bits per heavy atom. The van der Waals surface area contributed by atoms with Crippen LogP contribution in [0.5, 0.6) is 0 Å². The zero-order valence-corrected chi connectivity index (χ0v) is 19.8. The van der Waals surface area contributed by atoms with Crippen LogP contribution in [0.15, 0.2) is 18.2 Å². The van der Waals surface area contributed by atoms with E-state index in [4.69, 9.17) is 4.74 Å². The molecule has 3 amide bonds. The van der Waals surface area contributed by atoms with Crippen LogP contribution in [0.1, 0.15) is 58.8 Å².